The second kappa shape index (κ2) is 6.69. The predicted octanol–water partition coefficient (Wildman–Crippen LogP) is 1.05. The summed E-state index contributed by atoms with van der Waals surface area (Å²) < 4.78 is 7.08. The number of nitrogens with one attached hydrogen (secondary N) is 2. The van der Waals surface area contributed by atoms with Crippen molar-refractivity contribution in [2.75, 3.05) is 23.8 Å². The van der Waals surface area contributed by atoms with E-state index in [1.54, 1.807) is 4.68 Å². The Morgan fingerprint density at radius 3 is 2.50 bits per heavy atom. The summed E-state index contributed by atoms with van der Waals surface area (Å²) in [4.78, 5) is 12.6. The van der Waals surface area contributed by atoms with E-state index in [-0.39, 0.29) is 0 Å². The lowest BCUT2D eigenvalue weighted by molar-refractivity contribution is 0.312. The molecule has 0 bridgehead atoms. The second-order valence-electron chi connectivity index (χ2n) is 4.06. The van der Waals surface area contributed by atoms with Gasteiger partial charge < -0.3 is 15.4 Å². The highest BCUT2D eigenvalue weighted by molar-refractivity contribution is 5.36. The molecule has 2 heterocycles. The van der Waals surface area contributed by atoms with Crippen molar-refractivity contribution >= 4 is 11.9 Å². The molecule has 2 rings (SSSR count). The third kappa shape index (κ3) is 3.81. The van der Waals surface area contributed by atoms with Crippen LogP contribution in [0.2, 0.25) is 0 Å². The number of aryl methyl sites for hydroxylation is 1. The predicted molar refractivity (Wildman–Crippen MR) is 75.7 cm³/mol. The topological polar surface area (TPSA) is 89.8 Å². The maximum absolute atomic E-state index is 5.33. The maximum atomic E-state index is 5.33. The summed E-state index contributed by atoms with van der Waals surface area (Å²) >= 11 is 0. The highest BCUT2D eigenvalue weighted by atomic mass is 16.5. The van der Waals surface area contributed by atoms with Gasteiger partial charge in [-0.25, -0.2) is 0 Å². The fourth-order valence-electron chi connectivity index (χ4n) is 1.59. The van der Waals surface area contributed by atoms with Gasteiger partial charge in [-0.2, -0.15) is 20.1 Å². The van der Waals surface area contributed by atoms with Crippen molar-refractivity contribution in [1.29, 1.82) is 0 Å². The van der Waals surface area contributed by atoms with E-state index in [2.05, 4.69) is 30.7 Å². The zero-order chi connectivity index (χ0) is 14.4. The first-order chi connectivity index (χ1) is 9.71. The van der Waals surface area contributed by atoms with Gasteiger partial charge >= 0.3 is 6.01 Å². The highest BCUT2D eigenvalue weighted by Gasteiger charge is 2.07. The largest absolute Gasteiger partial charge is 0.464 e. The lowest BCUT2D eigenvalue weighted by Gasteiger charge is -2.08. The molecular formula is C12H19N7O. The van der Waals surface area contributed by atoms with Gasteiger partial charge in [-0.3, -0.25) is 4.68 Å². The number of aromatic nitrogens is 5. The molecule has 0 atom stereocenters. The van der Waals surface area contributed by atoms with Crippen molar-refractivity contribution in [3.05, 3.63) is 18.0 Å². The van der Waals surface area contributed by atoms with Crippen LogP contribution in [0.3, 0.4) is 0 Å². The van der Waals surface area contributed by atoms with Gasteiger partial charge in [-0.1, -0.05) is 0 Å². The molecule has 2 aromatic heterocycles. The van der Waals surface area contributed by atoms with Gasteiger partial charge in [0.05, 0.1) is 18.8 Å². The van der Waals surface area contributed by atoms with Gasteiger partial charge in [-0.15, -0.1) is 0 Å². The molecule has 8 heteroatoms. The van der Waals surface area contributed by atoms with Crippen LogP contribution in [0.4, 0.5) is 11.9 Å². The van der Waals surface area contributed by atoms with Gasteiger partial charge in [0.2, 0.25) is 11.9 Å². The number of nitrogens with zero attached hydrogens (tertiary/aromatic N) is 5. The molecule has 0 aromatic carbocycles. The lowest BCUT2D eigenvalue weighted by Crippen LogP contribution is -2.11. The first-order valence-electron chi connectivity index (χ1n) is 6.56. The van der Waals surface area contributed by atoms with Crippen LogP contribution in [-0.4, -0.2) is 37.9 Å². The monoisotopic (exact) mass is 277 g/mol. The summed E-state index contributed by atoms with van der Waals surface area (Å²) in [7, 11) is 1.88. The minimum Gasteiger partial charge on any atom is -0.464 e. The Kier molecular flexibility index (Phi) is 4.70. The van der Waals surface area contributed by atoms with E-state index in [0.29, 0.717) is 31.1 Å². The second-order valence-corrected chi connectivity index (χ2v) is 4.06. The fourth-order valence-corrected chi connectivity index (χ4v) is 1.59. The number of anilines is 2. The molecule has 0 saturated carbocycles. The molecule has 108 valence electrons. The van der Waals surface area contributed by atoms with Crippen molar-refractivity contribution < 1.29 is 4.74 Å². The van der Waals surface area contributed by atoms with E-state index in [9.17, 15) is 0 Å². The normalized spacial score (nSPS) is 10.3. The van der Waals surface area contributed by atoms with Gasteiger partial charge in [0.25, 0.3) is 0 Å². The summed E-state index contributed by atoms with van der Waals surface area (Å²) in [6.07, 6.45) is 1.89. The van der Waals surface area contributed by atoms with Gasteiger partial charge in [0.1, 0.15) is 0 Å². The van der Waals surface area contributed by atoms with Crippen molar-refractivity contribution in [3.8, 4) is 6.01 Å². The first kappa shape index (κ1) is 14.0. The summed E-state index contributed by atoms with van der Waals surface area (Å²) in [6.45, 7) is 5.65. The van der Waals surface area contributed by atoms with E-state index in [4.69, 9.17) is 4.74 Å². The van der Waals surface area contributed by atoms with E-state index >= 15 is 0 Å². The smallest absolute Gasteiger partial charge is 0.323 e. The van der Waals surface area contributed by atoms with E-state index < -0.39 is 0 Å². The van der Waals surface area contributed by atoms with Crippen LogP contribution in [0.15, 0.2) is 12.3 Å². The average molecular weight is 277 g/mol. The Morgan fingerprint density at radius 2 is 1.90 bits per heavy atom. The van der Waals surface area contributed by atoms with Crippen LogP contribution in [0.5, 0.6) is 6.01 Å². The number of hydrogen-bond donors (Lipinski definition) is 2. The number of hydrogen-bond acceptors (Lipinski definition) is 7. The fraction of sp³-hybridized carbons (Fsp3) is 0.500. The molecule has 0 amide bonds. The zero-order valence-corrected chi connectivity index (χ0v) is 11.9. The summed E-state index contributed by atoms with van der Waals surface area (Å²) in [5, 5.41) is 10.4. The van der Waals surface area contributed by atoms with Crippen LogP contribution < -0.4 is 15.4 Å². The number of ether oxygens (including phenoxy) is 1. The average Bonchev–Trinajstić information content (AvgIpc) is 2.83. The molecule has 20 heavy (non-hydrogen) atoms. The Morgan fingerprint density at radius 1 is 1.15 bits per heavy atom. The standard InChI is InChI=1S/C12H19N7O/c1-4-13-10-15-11(17-12(16-10)20-5-2)14-8-9-6-7-19(3)18-9/h6-7H,4-5,8H2,1-3H3,(H2,13,14,15,16,17). The summed E-state index contributed by atoms with van der Waals surface area (Å²) in [6, 6.07) is 2.24. The maximum Gasteiger partial charge on any atom is 0.323 e. The molecule has 8 nitrogen and oxygen atoms in total. The molecule has 0 fully saturated rings. The Labute approximate surface area is 117 Å². The first-order valence-corrected chi connectivity index (χ1v) is 6.56. The quantitative estimate of drug-likeness (QED) is 0.781. The molecular weight excluding hydrogens is 258 g/mol. The van der Waals surface area contributed by atoms with Gasteiger partial charge in [0.15, 0.2) is 0 Å². The van der Waals surface area contributed by atoms with Crippen LogP contribution in [-0.2, 0) is 13.6 Å². The molecule has 0 saturated heterocycles. The van der Waals surface area contributed by atoms with E-state index in [1.165, 1.54) is 0 Å². The van der Waals surface area contributed by atoms with Crippen LogP contribution in [0.1, 0.15) is 19.5 Å². The zero-order valence-electron chi connectivity index (χ0n) is 11.9. The van der Waals surface area contributed by atoms with E-state index in [0.717, 1.165) is 12.2 Å². The van der Waals surface area contributed by atoms with Crippen molar-refractivity contribution in [2.24, 2.45) is 7.05 Å². The van der Waals surface area contributed by atoms with Crippen molar-refractivity contribution in [3.63, 3.8) is 0 Å². The number of rotatable bonds is 7. The SMILES string of the molecule is CCNc1nc(NCc2ccn(C)n2)nc(OCC)n1. The molecule has 0 spiro atoms. The lowest BCUT2D eigenvalue weighted by atomic mass is 10.4. The Bertz CT molecular complexity index is 530. The van der Waals surface area contributed by atoms with Gasteiger partial charge in [0, 0.05) is 19.8 Å². The molecule has 2 N–H and O–H groups in total. The molecule has 0 aliphatic carbocycles. The van der Waals surface area contributed by atoms with Crippen molar-refractivity contribution in [1.82, 2.24) is 24.7 Å². The minimum atomic E-state index is 0.307. The van der Waals surface area contributed by atoms with E-state index in [1.807, 2.05) is 33.2 Å². The van der Waals surface area contributed by atoms with Gasteiger partial charge in [-0.05, 0) is 19.9 Å². The highest BCUT2D eigenvalue weighted by Crippen LogP contribution is 2.11. The van der Waals surface area contributed by atoms with Crippen LogP contribution in [0, 0.1) is 0 Å². The molecule has 2 aromatic rings. The summed E-state index contributed by atoms with van der Waals surface area (Å²) in [5.41, 5.74) is 0.913. The molecule has 0 radical (unpaired) electrons. The Hall–Kier alpha value is -2.38. The van der Waals surface area contributed by atoms with Crippen LogP contribution in [0.25, 0.3) is 0 Å². The third-order valence-electron chi connectivity index (χ3n) is 2.42. The summed E-state index contributed by atoms with van der Waals surface area (Å²) in [5.74, 6) is 0.958. The molecule has 0 unspecified atom stereocenters. The third-order valence-corrected chi connectivity index (χ3v) is 2.42. The van der Waals surface area contributed by atoms with Crippen LogP contribution >= 0.6 is 0 Å². The molecule has 0 aliphatic rings. The Balaban J connectivity index is 2.08. The minimum absolute atomic E-state index is 0.307. The molecule has 0 aliphatic heterocycles. The van der Waals surface area contributed by atoms with Crippen molar-refractivity contribution in [2.45, 2.75) is 20.4 Å².